The molecule has 0 aliphatic carbocycles. The Bertz CT molecular complexity index is 2510. The quantitative estimate of drug-likeness (QED) is 0.145. The lowest BCUT2D eigenvalue weighted by molar-refractivity contribution is 1.30. The van der Waals surface area contributed by atoms with Gasteiger partial charge >= 0.3 is 0 Å². The van der Waals surface area contributed by atoms with Gasteiger partial charge < -0.3 is 0 Å². The highest BCUT2D eigenvalue weighted by atomic mass is 32.1. The van der Waals surface area contributed by atoms with Crippen LogP contribution in [0.25, 0.3) is 96.0 Å². The SMILES string of the molecule is c1cc2sc3cc(-c4cncc(-c5ccncc5)c4)c4cccc5sc6cc(-c7cncc(-c8ccncc8)c7)c(c1)c2c6-c3c54. The number of aromatic nitrogens is 4. The first-order valence-corrected chi connectivity index (χ1v) is 16.7. The number of nitrogens with zero attached hydrogens (tertiary/aromatic N) is 4. The molecule has 4 aromatic carbocycles. The fourth-order valence-corrected chi connectivity index (χ4v) is 9.32. The molecule has 6 heterocycles. The van der Waals surface area contributed by atoms with Crippen LogP contribution in [0.1, 0.15) is 0 Å². The van der Waals surface area contributed by atoms with E-state index in [2.05, 4.69) is 80.6 Å². The molecule has 0 fully saturated rings. The summed E-state index contributed by atoms with van der Waals surface area (Å²) in [4.78, 5) is 17.8. The normalized spacial score (nSPS) is 11.9. The van der Waals surface area contributed by atoms with E-state index in [-0.39, 0.29) is 0 Å². The molecule has 0 saturated heterocycles. The minimum Gasteiger partial charge on any atom is -0.265 e. The highest BCUT2D eigenvalue weighted by Gasteiger charge is 2.25. The van der Waals surface area contributed by atoms with Gasteiger partial charge in [-0.15, -0.1) is 22.7 Å². The third-order valence-electron chi connectivity index (χ3n) is 8.99. The van der Waals surface area contributed by atoms with Gasteiger partial charge in [-0.05, 0) is 93.7 Å². The maximum atomic E-state index is 4.68. The third-order valence-corrected chi connectivity index (χ3v) is 11.2. The van der Waals surface area contributed by atoms with E-state index >= 15 is 0 Å². The van der Waals surface area contributed by atoms with Gasteiger partial charge in [0.15, 0.2) is 0 Å². The van der Waals surface area contributed by atoms with Crippen molar-refractivity contribution in [1.29, 1.82) is 0 Å². The third kappa shape index (κ3) is 3.84. The maximum absolute atomic E-state index is 4.68. The van der Waals surface area contributed by atoms with Crippen molar-refractivity contribution >= 4 is 63.0 Å². The molecule has 10 rings (SSSR count). The van der Waals surface area contributed by atoms with E-state index in [1.807, 2.05) is 96.5 Å². The average molecular weight is 623 g/mol. The van der Waals surface area contributed by atoms with Crippen LogP contribution in [-0.2, 0) is 0 Å². The van der Waals surface area contributed by atoms with Crippen LogP contribution in [0, 0.1) is 0 Å². The van der Waals surface area contributed by atoms with Gasteiger partial charge in [-0.2, -0.15) is 0 Å². The van der Waals surface area contributed by atoms with Crippen LogP contribution in [0.15, 0.2) is 135 Å². The highest BCUT2D eigenvalue weighted by molar-refractivity contribution is 7.27. The summed E-state index contributed by atoms with van der Waals surface area (Å²) >= 11 is 3.76. The summed E-state index contributed by atoms with van der Waals surface area (Å²) in [5, 5.41) is 5.18. The maximum Gasteiger partial charge on any atom is 0.0368 e. The van der Waals surface area contributed by atoms with Crippen LogP contribution in [0.4, 0.5) is 0 Å². The smallest absolute Gasteiger partial charge is 0.0368 e. The second kappa shape index (κ2) is 9.97. The molecule has 0 bridgehead atoms. The van der Waals surface area contributed by atoms with Gasteiger partial charge in [0.1, 0.15) is 0 Å². The van der Waals surface area contributed by atoms with Crippen molar-refractivity contribution in [2.75, 3.05) is 0 Å². The van der Waals surface area contributed by atoms with Crippen molar-refractivity contribution in [3.8, 4) is 55.6 Å². The predicted octanol–water partition coefficient (Wildman–Crippen LogP) is 11.2. The van der Waals surface area contributed by atoms with Crippen LogP contribution < -0.4 is 0 Å². The summed E-state index contributed by atoms with van der Waals surface area (Å²) in [5.41, 5.74) is 11.8. The van der Waals surface area contributed by atoms with Gasteiger partial charge in [-0.3, -0.25) is 19.9 Å². The van der Waals surface area contributed by atoms with Crippen molar-refractivity contribution in [3.63, 3.8) is 0 Å². The van der Waals surface area contributed by atoms with Gasteiger partial charge in [-0.25, -0.2) is 0 Å². The summed E-state index contributed by atoms with van der Waals surface area (Å²) < 4.78 is 5.16. The molecule has 0 radical (unpaired) electrons. The lowest BCUT2D eigenvalue weighted by Crippen LogP contribution is -1.95. The molecule has 0 N–H and O–H groups in total. The Kier molecular flexibility index (Phi) is 5.58. The van der Waals surface area contributed by atoms with E-state index in [0.717, 1.165) is 33.4 Å². The second-order valence-corrected chi connectivity index (χ2v) is 13.7. The molecule has 2 aliphatic heterocycles. The Morgan fingerprint density at radius 3 is 1.26 bits per heavy atom. The van der Waals surface area contributed by atoms with Crippen molar-refractivity contribution in [1.82, 2.24) is 19.9 Å². The number of hydrogen-bond acceptors (Lipinski definition) is 6. The van der Waals surface area contributed by atoms with Gasteiger partial charge in [0.2, 0.25) is 0 Å². The summed E-state index contributed by atoms with van der Waals surface area (Å²) in [6.45, 7) is 0. The first-order chi connectivity index (χ1) is 22.8. The van der Waals surface area contributed by atoms with E-state index in [1.54, 1.807) is 0 Å². The molecule has 0 spiro atoms. The zero-order valence-corrected chi connectivity index (χ0v) is 25.9. The van der Waals surface area contributed by atoms with Crippen LogP contribution in [-0.4, -0.2) is 19.9 Å². The number of rotatable bonds is 4. The summed E-state index contributed by atoms with van der Waals surface area (Å²) in [5.74, 6) is 0. The van der Waals surface area contributed by atoms with Crippen molar-refractivity contribution in [2.24, 2.45) is 0 Å². The number of hydrogen-bond donors (Lipinski definition) is 0. The molecular formula is C40H22N4S2. The average Bonchev–Trinajstić information content (AvgIpc) is 3.13. The molecule has 2 aliphatic rings. The van der Waals surface area contributed by atoms with Crippen LogP contribution >= 0.6 is 22.7 Å². The Hall–Kier alpha value is -5.56. The Morgan fingerprint density at radius 2 is 0.804 bits per heavy atom. The van der Waals surface area contributed by atoms with Crippen molar-refractivity contribution in [2.45, 2.75) is 0 Å². The lowest BCUT2D eigenvalue weighted by atomic mass is 9.87. The van der Waals surface area contributed by atoms with E-state index < -0.39 is 0 Å². The molecule has 4 nitrogen and oxygen atoms in total. The van der Waals surface area contributed by atoms with Gasteiger partial charge in [-0.1, -0.05) is 24.3 Å². The minimum absolute atomic E-state index is 1.09. The van der Waals surface area contributed by atoms with Gasteiger partial charge in [0.25, 0.3) is 0 Å². The molecule has 4 aromatic heterocycles. The monoisotopic (exact) mass is 622 g/mol. The van der Waals surface area contributed by atoms with Crippen LogP contribution in [0.2, 0.25) is 0 Å². The molecule has 8 aromatic rings. The van der Waals surface area contributed by atoms with E-state index in [4.69, 9.17) is 0 Å². The van der Waals surface area contributed by atoms with Crippen molar-refractivity contribution < 1.29 is 0 Å². The van der Waals surface area contributed by atoms with E-state index in [9.17, 15) is 0 Å². The molecule has 0 unspecified atom stereocenters. The first-order valence-electron chi connectivity index (χ1n) is 15.1. The molecular weight excluding hydrogens is 601 g/mol. The first kappa shape index (κ1) is 25.7. The van der Waals surface area contributed by atoms with E-state index in [1.165, 1.54) is 62.6 Å². The standard InChI is InChI=1S/C40H22N4S2/c1-3-29-31(27-15-25(19-43-21-27)23-7-11-41-12-8-23)17-36-39-37(29)33(5-1)45-35-18-32(30-4-2-6-34(46-36)38(30)40(35)39)28-16-26(20-44-22-28)24-9-13-42-14-10-24/h1-22H. The topological polar surface area (TPSA) is 51.6 Å². The fourth-order valence-electron chi connectivity index (χ4n) is 6.96. The molecule has 0 saturated carbocycles. The van der Waals surface area contributed by atoms with Crippen LogP contribution in [0.3, 0.4) is 0 Å². The van der Waals surface area contributed by atoms with Gasteiger partial charge in [0, 0.05) is 113 Å². The summed E-state index contributed by atoms with van der Waals surface area (Å²) in [7, 11) is 0. The summed E-state index contributed by atoms with van der Waals surface area (Å²) in [6, 6.07) is 30.9. The summed E-state index contributed by atoms with van der Waals surface area (Å²) in [6.07, 6.45) is 15.2. The van der Waals surface area contributed by atoms with Gasteiger partial charge in [0.05, 0.1) is 0 Å². The Morgan fingerprint density at radius 1 is 0.370 bits per heavy atom. The zero-order valence-electron chi connectivity index (χ0n) is 24.3. The van der Waals surface area contributed by atoms with Crippen LogP contribution in [0.5, 0.6) is 0 Å². The molecule has 0 amide bonds. The molecule has 0 atom stereocenters. The molecule has 46 heavy (non-hydrogen) atoms. The Balaban J connectivity index is 1.25. The Labute approximate surface area is 272 Å². The number of benzene rings is 4. The molecule has 214 valence electrons. The molecule has 6 heteroatoms. The van der Waals surface area contributed by atoms with E-state index in [0.29, 0.717) is 0 Å². The zero-order chi connectivity index (χ0) is 30.2. The predicted molar refractivity (Wildman–Crippen MR) is 193 cm³/mol. The lowest BCUT2D eigenvalue weighted by Gasteiger charge is -2.23. The number of pyridine rings is 4. The largest absolute Gasteiger partial charge is 0.265 e. The highest BCUT2D eigenvalue weighted by Crippen LogP contribution is 2.54. The fraction of sp³-hybridized carbons (Fsp3) is 0. The van der Waals surface area contributed by atoms with Crippen molar-refractivity contribution in [3.05, 3.63) is 135 Å². The second-order valence-electron chi connectivity index (χ2n) is 11.6. The minimum atomic E-state index is 1.09.